The Bertz CT molecular complexity index is 923. The highest BCUT2D eigenvalue weighted by Gasteiger charge is 2.38. The molecule has 2 N–H and O–H groups in total. The molecule has 2 aromatic heterocycles. The molecule has 142 valence electrons. The lowest BCUT2D eigenvalue weighted by Gasteiger charge is -2.46. The molecular formula is C19H28N4O2S. The summed E-state index contributed by atoms with van der Waals surface area (Å²) in [5.41, 5.74) is 0.556. The molecule has 6 nitrogen and oxygen atoms in total. The summed E-state index contributed by atoms with van der Waals surface area (Å²) in [5, 5.41) is 7.37. The van der Waals surface area contributed by atoms with Gasteiger partial charge in [0.2, 0.25) is 0 Å². The van der Waals surface area contributed by atoms with Crippen LogP contribution in [0.1, 0.15) is 61.6 Å². The van der Waals surface area contributed by atoms with Gasteiger partial charge in [-0.3, -0.25) is 14.2 Å². The van der Waals surface area contributed by atoms with E-state index in [4.69, 9.17) is 0 Å². The van der Waals surface area contributed by atoms with Gasteiger partial charge in [0.15, 0.2) is 0 Å². The van der Waals surface area contributed by atoms with Crippen molar-refractivity contribution in [3.05, 3.63) is 26.6 Å². The highest BCUT2D eigenvalue weighted by Crippen LogP contribution is 2.30. The van der Waals surface area contributed by atoms with E-state index in [0.29, 0.717) is 20.9 Å². The van der Waals surface area contributed by atoms with Crippen LogP contribution < -0.4 is 16.2 Å². The van der Waals surface area contributed by atoms with E-state index in [2.05, 4.69) is 43.3 Å². The first kappa shape index (κ1) is 19.0. The van der Waals surface area contributed by atoms with Crippen molar-refractivity contribution >= 4 is 27.5 Å². The fourth-order valence-electron chi connectivity index (χ4n) is 4.26. The number of thiophene rings is 1. The number of carbonyl (C=O) groups excluding carboxylic acids is 1. The summed E-state index contributed by atoms with van der Waals surface area (Å²) in [6, 6.07) is 0.0934. The Hall–Kier alpha value is -1.73. The summed E-state index contributed by atoms with van der Waals surface area (Å²) in [4.78, 5) is 31.2. The zero-order valence-corrected chi connectivity index (χ0v) is 17.4. The highest BCUT2D eigenvalue weighted by atomic mass is 32.1. The molecule has 0 bridgehead atoms. The van der Waals surface area contributed by atoms with Gasteiger partial charge in [0.05, 0.1) is 10.3 Å². The van der Waals surface area contributed by atoms with Crippen LogP contribution in [-0.4, -0.2) is 32.6 Å². The molecule has 0 atom stereocenters. The SMILES string of the molecule is Cc1c(C(=O)NC2CC(C)(C)NC(C)(C)C2)sc2nc(C)n(C)c(=O)c12. The van der Waals surface area contributed by atoms with E-state index < -0.39 is 0 Å². The number of carbonyl (C=O) groups is 1. The third-order valence-electron chi connectivity index (χ3n) is 5.13. The normalized spacial score (nSPS) is 19.7. The van der Waals surface area contributed by atoms with Crippen LogP contribution in [0, 0.1) is 13.8 Å². The molecule has 0 radical (unpaired) electrons. The summed E-state index contributed by atoms with van der Waals surface area (Å²) in [7, 11) is 1.71. The standard InChI is InChI=1S/C19H28N4O2S/c1-10-13-16(20-11(2)23(7)17(13)25)26-14(10)15(24)21-12-8-18(3,4)22-19(5,6)9-12/h12,22H,8-9H2,1-7H3,(H,21,24). The fraction of sp³-hybridized carbons (Fsp3) is 0.632. The monoisotopic (exact) mass is 376 g/mol. The predicted octanol–water partition coefficient (Wildman–Crippen LogP) is 2.65. The third kappa shape index (κ3) is 3.42. The van der Waals surface area contributed by atoms with E-state index in [1.807, 2.05) is 6.92 Å². The van der Waals surface area contributed by atoms with Gasteiger partial charge in [-0.1, -0.05) is 0 Å². The number of nitrogens with one attached hydrogen (secondary N) is 2. The Kier molecular flexibility index (Phi) is 4.51. The Morgan fingerprint density at radius 3 is 2.38 bits per heavy atom. The predicted molar refractivity (Wildman–Crippen MR) is 106 cm³/mol. The van der Waals surface area contributed by atoms with E-state index in [1.54, 1.807) is 14.0 Å². The highest BCUT2D eigenvalue weighted by molar-refractivity contribution is 7.20. The molecule has 7 heteroatoms. The molecule has 1 fully saturated rings. The minimum Gasteiger partial charge on any atom is -0.348 e. The van der Waals surface area contributed by atoms with Crippen molar-refractivity contribution in [2.45, 2.75) is 71.5 Å². The van der Waals surface area contributed by atoms with Crippen molar-refractivity contribution in [1.82, 2.24) is 20.2 Å². The number of hydrogen-bond donors (Lipinski definition) is 2. The summed E-state index contributed by atoms with van der Waals surface area (Å²) in [6.07, 6.45) is 1.73. The lowest BCUT2D eigenvalue weighted by Crippen LogP contribution is -2.62. The molecule has 0 spiro atoms. The van der Waals surface area contributed by atoms with E-state index in [0.717, 1.165) is 18.4 Å². The molecule has 2 aromatic rings. The zero-order chi connectivity index (χ0) is 19.4. The van der Waals surface area contributed by atoms with E-state index in [1.165, 1.54) is 15.9 Å². The number of fused-ring (bicyclic) bond motifs is 1. The lowest BCUT2D eigenvalue weighted by molar-refractivity contribution is 0.0877. The van der Waals surface area contributed by atoms with Crippen LogP contribution in [0.15, 0.2) is 4.79 Å². The summed E-state index contributed by atoms with van der Waals surface area (Å²) in [5.74, 6) is 0.543. The minimum absolute atomic E-state index is 0.0382. The fourth-order valence-corrected chi connectivity index (χ4v) is 5.38. The number of nitrogens with zero attached hydrogens (tertiary/aromatic N) is 2. The molecule has 1 saturated heterocycles. The van der Waals surface area contributed by atoms with Crippen molar-refractivity contribution in [2.24, 2.45) is 7.05 Å². The lowest BCUT2D eigenvalue weighted by atomic mass is 9.79. The van der Waals surface area contributed by atoms with Crippen molar-refractivity contribution in [3.63, 3.8) is 0 Å². The van der Waals surface area contributed by atoms with Gasteiger partial charge in [-0.2, -0.15) is 0 Å². The molecule has 3 rings (SSSR count). The van der Waals surface area contributed by atoms with Gasteiger partial charge in [-0.15, -0.1) is 11.3 Å². The summed E-state index contributed by atoms with van der Waals surface area (Å²) < 4.78 is 1.53. The van der Waals surface area contributed by atoms with Crippen LogP contribution in [0.5, 0.6) is 0 Å². The maximum atomic E-state index is 12.9. The number of aromatic nitrogens is 2. The van der Waals surface area contributed by atoms with Crippen LogP contribution in [-0.2, 0) is 7.05 Å². The Morgan fingerprint density at radius 2 is 1.81 bits per heavy atom. The largest absolute Gasteiger partial charge is 0.348 e. The van der Waals surface area contributed by atoms with E-state index in [9.17, 15) is 9.59 Å². The van der Waals surface area contributed by atoms with E-state index >= 15 is 0 Å². The van der Waals surface area contributed by atoms with Crippen LogP contribution >= 0.6 is 11.3 Å². The quantitative estimate of drug-likeness (QED) is 0.845. The first-order chi connectivity index (χ1) is 11.9. The van der Waals surface area contributed by atoms with Crippen molar-refractivity contribution in [1.29, 1.82) is 0 Å². The van der Waals surface area contributed by atoms with Crippen molar-refractivity contribution < 1.29 is 4.79 Å². The first-order valence-electron chi connectivity index (χ1n) is 8.97. The molecule has 26 heavy (non-hydrogen) atoms. The molecule has 1 aliphatic rings. The second-order valence-electron chi connectivity index (χ2n) is 8.73. The molecule has 0 saturated carbocycles. The maximum Gasteiger partial charge on any atom is 0.262 e. The van der Waals surface area contributed by atoms with Gasteiger partial charge >= 0.3 is 0 Å². The van der Waals surface area contributed by atoms with Gasteiger partial charge < -0.3 is 10.6 Å². The smallest absolute Gasteiger partial charge is 0.262 e. The van der Waals surface area contributed by atoms with Gasteiger partial charge in [-0.25, -0.2) is 4.98 Å². The first-order valence-corrected chi connectivity index (χ1v) is 9.79. The van der Waals surface area contributed by atoms with Crippen LogP contribution in [0.25, 0.3) is 10.2 Å². The molecule has 1 amide bonds. The van der Waals surface area contributed by atoms with Crippen molar-refractivity contribution in [3.8, 4) is 0 Å². The van der Waals surface area contributed by atoms with Crippen LogP contribution in [0.3, 0.4) is 0 Å². The second-order valence-corrected chi connectivity index (χ2v) is 9.73. The average molecular weight is 377 g/mol. The maximum absolute atomic E-state index is 12.9. The van der Waals surface area contributed by atoms with Crippen LogP contribution in [0.4, 0.5) is 0 Å². The Labute approximate surface area is 158 Å². The van der Waals surface area contributed by atoms with Crippen LogP contribution in [0.2, 0.25) is 0 Å². The molecule has 3 heterocycles. The number of hydrogen-bond acceptors (Lipinski definition) is 5. The molecule has 0 aliphatic carbocycles. The topological polar surface area (TPSA) is 76.0 Å². The van der Waals surface area contributed by atoms with Gasteiger partial charge in [-0.05, 0) is 59.9 Å². The summed E-state index contributed by atoms with van der Waals surface area (Å²) >= 11 is 1.31. The van der Waals surface area contributed by atoms with Gasteiger partial charge in [0.25, 0.3) is 11.5 Å². The number of rotatable bonds is 2. The number of amides is 1. The second kappa shape index (κ2) is 6.16. The van der Waals surface area contributed by atoms with Gasteiger partial charge in [0, 0.05) is 24.2 Å². The van der Waals surface area contributed by atoms with E-state index in [-0.39, 0.29) is 28.6 Å². The molecule has 0 unspecified atom stereocenters. The number of piperidine rings is 1. The zero-order valence-electron chi connectivity index (χ0n) is 16.6. The van der Waals surface area contributed by atoms with Crippen molar-refractivity contribution in [2.75, 3.05) is 0 Å². The Morgan fingerprint density at radius 1 is 1.23 bits per heavy atom. The summed E-state index contributed by atoms with van der Waals surface area (Å²) in [6.45, 7) is 12.3. The number of aryl methyl sites for hydroxylation is 2. The molecular weight excluding hydrogens is 348 g/mol. The molecule has 0 aromatic carbocycles. The van der Waals surface area contributed by atoms with Gasteiger partial charge in [0.1, 0.15) is 10.7 Å². The minimum atomic E-state index is -0.108. The third-order valence-corrected chi connectivity index (χ3v) is 6.31. The average Bonchev–Trinajstić information content (AvgIpc) is 2.78. The Balaban J connectivity index is 1.92. The molecule has 1 aliphatic heterocycles.